The Hall–Kier alpha value is -0.178. The second kappa shape index (κ2) is 6.53. The van der Waals surface area contributed by atoms with Crippen LogP contribution in [0.5, 0.6) is 0 Å². The van der Waals surface area contributed by atoms with Crippen molar-refractivity contribution in [3.63, 3.8) is 0 Å². The molecular weight excluding hydrogens is 345 g/mol. The Morgan fingerprint density at radius 3 is 2.09 bits per heavy atom. The molecular formula is C5H9NO4Pb. The maximum atomic E-state index is 9.99. The van der Waals surface area contributed by atoms with Crippen LogP contribution in [0.3, 0.4) is 0 Å². The predicted molar refractivity (Wildman–Crippen MR) is 38.2 cm³/mol. The average Bonchev–Trinajstić information content (AvgIpc) is 1.82. The number of carboxylic acid groups (broad SMARTS) is 2. The van der Waals surface area contributed by atoms with Gasteiger partial charge in [-0.25, -0.2) is 0 Å². The summed E-state index contributed by atoms with van der Waals surface area (Å²) in [6, 6.07) is -1.06. The van der Waals surface area contributed by atoms with Gasteiger partial charge >= 0.3 is 11.9 Å². The third-order valence-electron chi connectivity index (χ3n) is 0.986. The summed E-state index contributed by atoms with van der Waals surface area (Å²) in [6.07, 6.45) is -0.224. The zero-order valence-electron chi connectivity index (χ0n) is 5.78. The van der Waals surface area contributed by atoms with E-state index in [-0.39, 0.29) is 40.1 Å². The van der Waals surface area contributed by atoms with Crippen molar-refractivity contribution in [2.24, 2.45) is 5.73 Å². The first-order chi connectivity index (χ1) is 4.54. The Morgan fingerprint density at radius 2 is 1.82 bits per heavy atom. The van der Waals surface area contributed by atoms with Gasteiger partial charge in [-0.3, -0.25) is 9.59 Å². The van der Waals surface area contributed by atoms with Crippen molar-refractivity contribution in [2.75, 3.05) is 0 Å². The van der Waals surface area contributed by atoms with Crippen LogP contribution in [0, 0.1) is 0 Å². The van der Waals surface area contributed by atoms with E-state index in [1.54, 1.807) is 0 Å². The summed E-state index contributed by atoms with van der Waals surface area (Å²) < 4.78 is 0. The fourth-order valence-electron chi connectivity index (χ4n) is 0.402. The second-order valence-corrected chi connectivity index (χ2v) is 1.88. The molecule has 0 aliphatic carbocycles. The third-order valence-corrected chi connectivity index (χ3v) is 0.986. The molecule has 0 aromatic heterocycles. The maximum Gasteiger partial charge on any atom is 0.320 e. The minimum atomic E-state index is -1.17. The Labute approximate surface area is 83.7 Å². The molecule has 0 aliphatic heterocycles. The molecule has 0 bridgehead atoms. The summed E-state index contributed by atoms with van der Waals surface area (Å²) in [6.45, 7) is 0. The van der Waals surface area contributed by atoms with E-state index >= 15 is 0 Å². The molecule has 0 heterocycles. The molecule has 0 spiro atoms. The summed E-state index contributed by atoms with van der Waals surface area (Å²) in [5.41, 5.74) is 5.00. The largest absolute Gasteiger partial charge is 0.481 e. The predicted octanol–water partition coefficient (Wildman–Crippen LogP) is -1.12. The van der Waals surface area contributed by atoms with Gasteiger partial charge < -0.3 is 15.9 Å². The Kier molecular flexibility index (Phi) is 7.96. The molecule has 0 rings (SSSR count). The van der Waals surface area contributed by atoms with Crippen LogP contribution in [0.25, 0.3) is 0 Å². The van der Waals surface area contributed by atoms with Gasteiger partial charge in [-0.1, -0.05) is 0 Å². The summed E-state index contributed by atoms with van der Waals surface area (Å²) in [5.74, 6) is -2.20. The normalized spacial score (nSPS) is 11.4. The number of carbonyl (C=O) groups is 2. The molecule has 0 aliphatic rings. The first-order valence-corrected chi connectivity index (χ1v) is 2.74. The van der Waals surface area contributed by atoms with Crippen LogP contribution in [0.1, 0.15) is 12.8 Å². The van der Waals surface area contributed by atoms with Crippen LogP contribution in [0.15, 0.2) is 0 Å². The molecule has 62 valence electrons. The molecule has 1 atom stereocenters. The first kappa shape index (κ1) is 13.4. The van der Waals surface area contributed by atoms with Crippen LogP contribution >= 0.6 is 0 Å². The average molecular weight is 354 g/mol. The van der Waals surface area contributed by atoms with E-state index in [9.17, 15) is 9.59 Å². The fourth-order valence-corrected chi connectivity index (χ4v) is 0.402. The fraction of sp³-hybridized carbons (Fsp3) is 0.600. The van der Waals surface area contributed by atoms with Crippen LogP contribution in [-0.2, 0) is 9.59 Å². The first-order valence-electron chi connectivity index (χ1n) is 2.74. The van der Waals surface area contributed by atoms with Gasteiger partial charge in [0.1, 0.15) is 6.04 Å². The molecule has 0 unspecified atom stereocenters. The van der Waals surface area contributed by atoms with Gasteiger partial charge in [0.2, 0.25) is 0 Å². The van der Waals surface area contributed by atoms with Gasteiger partial charge in [0, 0.05) is 33.7 Å². The Morgan fingerprint density at radius 1 is 1.36 bits per heavy atom. The third kappa shape index (κ3) is 7.72. The van der Waals surface area contributed by atoms with Gasteiger partial charge in [0.25, 0.3) is 0 Å². The minimum Gasteiger partial charge on any atom is -0.481 e. The van der Waals surface area contributed by atoms with Crippen molar-refractivity contribution in [3.05, 3.63) is 0 Å². The van der Waals surface area contributed by atoms with Gasteiger partial charge in [-0.15, -0.1) is 0 Å². The van der Waals surface area contributed by atoms with E-state index in [2.05, 4.69) is 0 Å². The SMILES string of the molecule is N[C@@H](CCC(=O)O)C(=O)O.[Pb]. The topological polar surface area (TPSA) is 101 Å². The Balaban J connectivity index is 0. The van der Waals surface area contributed by atoms with E-state index in [0.717, 1.165) is 0 Å². The van der Waals surface area contributed by atoms with E-state index in [4.69, 9.17) is 15.9 Å². The minimum absolute atomic E-state index is 0. The maximum absolute atomic E-state index is 9.99. The summed E-state index contributed by atoms with van der Waals surface area (Å²) in [4.78, 5) is 19.9. The smallest absolute Gasteiger partial charge is 0.320 e. The molecule has 0 saturated carbocycles. The summed E-state index contributed by atoms with van der Waals surface area (Å²) >= 11 is 0. The van der Waals surface area contributed by atoms with Gasteiger partial charge in [-0.2, -0.15) is 0 Å². The summed E-state index contributed by atoms with van der Waals surface area (Å²) in [5, 5.41) is 16.3. The van der Waals surface area contributed by atoms with Crippen LogP contribution in [0.4, 0.5) is 0 Å². The van der Waals surface area contributed by atoms with Crippen LogP contribution in [0.2, 0.25) is 0 Å². The molecule has 4 N–H and O–H groups in total. The molecule has 6 heteroatoms. The van der Waals surface area contributed by atoms with Crippen molar-refractivity contribution < 1.29 is 19.8 Å². The quantitative estimate of drug-likeness (QED) is 0.556. The van der Waals surface area contributed by atoms with E-state index in [1.165, 1.54) is 0 Å². The number of hydrogen-bond acceptors (Lipinski definition) is 3. The monoisotopic (exact) mass is 355 g/mol. The molecule has 0 aromatic carbocycles. The van der Waals surface area contributed by atoms with Crippen LogP contribution in [-0.4, -0.2) is 55.5 Å². The van der Waals surface area contributed by atoms with E-state index in [1.807, 2.05) is 0 Å². The standard InChI is InChI=1S/C5H9NO4.Pb/c6-3(5(9)10)1-2-4(7)8;/h3H,1-2,6H2,(H,7,8)(H,9,10);/t3-;/m0./s1. The number of aliphatic carboxylic acids is 2. The van der Waals surface area contributed by atoms with E-state index in [0.29, 0.717) is 0 Å². The van der Waals surface area contributed by atoms with Crippen molar-refractivity contribution >= 4 is 39.2 Å². The van der Waals surface area contributed by atoms with Crippen LogP contribution < -0.4 is 5.73 Å². The molecule has 0 fully saturated rings. The molecule has 0 aromatic rings. The molecule has 4 radical (unpaired) electrons. The number of hydrogen-bond donors (Lipinski definition) is 3. The van der Waals surface area contributed by atoms with Crippen molar-refractivity contribution in [1.82, 2.24) is 0 Å². The Bertz CT molecular complexity index is 149. The molecule has 11 heavy (non-hydrogen) atoms. The zero-order valence-corrected chi connectivity index (χ0v) is 9.67. The van der Waals surface area contributed by atoms with Gasteiger partial charge in [0.15, 0.2) is 0 Å². The number of nitrogens with two attached hydrogens (primary N) is 1. The second-order valence-electron chi connectivity index (χ2n) is 1.88. The molecule has 5 nitrogen and oxygen atoms in total. The summed E-state index contributed by atoms with van der Waals surface area (Å²) in [7, 11) is 0. The zero-order chi connectivity index (χ0) is 8.15. The molecule has 0 saturated heterocycles. The van der Waals surface area contributed by atoms with Gasteiger partial charge in [0.05, 0.1) is 0 Å². The van der Waals surface area contributed by atoms with Gasteiger partial charge in [-0.05, 0) is 6.42 Å². The number of rotatable bonds is 4. The number of carboxylic acids is 2. The van der Waals surface area contributed by atoms with Crippen molar-refractivity contribution in [3.8, 4) is 0 Å². The van der Waals surface area contributed by atoms with Crippen molar-refractivity contribution in [1.29, 1.82) is 0 Å². The van der Waals surface area contributed by atoms with Crippen molar-refractivity contribution in [2.45, 2.75) is 18.9 Å². The van der Waals surface area contributed by atoms with E-state index < -0.39 is 18.0 Å². The molecule has 0 amide bonds.